The number of benzene rings is 1. The summed E-state index contributed by atoms with van der Waals surface area (Å²) in [7, 11) is 0. The van der Waals surface area contributed by atoms with Crippen molar-refractivity contribution in [2.75, 3.05) is 18.0 Å². The topological polar surface area (TPSA) is 99.4 Å². The van der Waals surface area contributed by atoms with E-state index in [1.807, 2.05) is 11.0 Å². The van der Waals surface area contributed by atoms with E-state index in [2.05, 4.69) is 4.98 Å². The number of rotatable bonds is 4. The maximum atomic E-state index is 14.4. The van der Waals surface area contributed by atoms with Crippen LogP contribution >= 0.6 is 0 Å². The molecule has 1 aromatic heterocycles. The predicted molar refractivity (Wildman–Crippen MR) is 92.8 cm³/mol. The van der Waals surface area contributed by atoms with Gasteiger partial charge in [-0.2, -0.15) is 0 Å². The second-order valence-corrected chi connectivity index (χ2v) is 7.09. The molecule has 2 fully saturated rings. The number of fused-ring (bicyclic) bond motifs is 1. The quantitative estimate of drug-likeness (QED) is 0.784. The minimum Gasteiger partial charge on any atom is -0.477 e. The molecular formula is C18H20FN3O3. The summed E-state index contributed by atoms with van der Waals surface area (Å²) < 4.78 is 14.4. The molecule has 7 heteroatoms. The highest BCUT2D eigenvalue weighted by Gasteiger charge is 2.42. The molecule has 0 spiro atoms. The van der Waals surface area contributed by atoms with Crippen molar-refractivity contribution >= 4 is 22.6 Å². The average Bonchev–Trinajstić information content (AvgIpc) is 3.35. The molecule has 2 aromatic rings. The number of hydrogen-bond donors (Lipinski definition) is 3. The van der Waals surface area contributed by atoms with Gasteiger partial charge in [-0.15, -0.1) is 0 Å². The zero-order chi connectivity index (χ0) is 17.7. The fraction of sp³-hybridized carbons (Fsp3) is 0.444. The van der Waals surface area contributed by atoms with Crippen molar-refractivity contribution in [3.8, 4) is 0 Å². The third-order valence-corrected chi connectivity index (χ3v) is 5.38. The van der Waals surface area contributed by atoms with Gasteiger partial charge in [0.05, 0.1) is 5.52 Å². The highest BCUT2D eigenvalue weighted by atomic mass is 19.1. The Morgan fingerprint density at radius 2 is 2.08 bits per heavy atom. The highest BCUT2D eigenvalue weighted by Crippen LogP contribution is 2.39. The number of alkyl halides is 1. The summed E-state index contributed by atoms with van der Waals surface area (Å²) in [5.41, 5.74) is 6.61. The largest absolute Gasteiger partial charge is 0.477 e. The summed E-state index contributed by atoms with van der Waals surface area (Å²) >= 11 is 0. The molecule has 1 aromatic carbocycles. The summed E-state index contributed by atoms with van der Waals surface area (Å²) in [6.45, 7) is 0.843. The third kappa shape index (κ3) is 2.89. The van der Waals surface area contributed by atoms with E-state index in [-0.39, 0.29) is 24.1 Å². The van der Waals surface area contributed by atoms with E-state index in [0.29, 0.717) is 23.4 Å². The smallest absolute Gasteiger partial charge is 0.341 e. The number of nitrogens with zero attached hydrogens (tertiary/aromatic N) is 1. The van der Waals surface area contributed by atoms with Crippen LogP contribution in [0.1, 0.15) is 23.2 Å². The first-order valence-corrected chi connectivity index (χ1v) is 8.49. The van der Waals surface area contributed by atoms with Crippen molar-refractivity contribution in [2.24, 2.45) is 17.6 Å². The summed E-state index contributed by atoms with van der Waals surface area (Å²) in [6.07, 6.45) is 1.22. The lowest BCUT2D eigenvalue weighted by Gasteiger charge is -2.21. The van der Waals surface area contributed by atoms with Gasteiger partial charge in [0.25, 0.3) is 5.56 Å². The minimum absolute atomic E-state index is 0.0987. The number of H-pyrrole nitrogens is 1. The molecular weight excluding hydrogens is 325 g/mol. The van der Waals surface area contributed by atoms with E-state index < -0.39 is 17.7 Å². The number of hydrogen-bond acceptors (Lipinski definition) is 4. The molecule has 4 N–H and O–H groups in total. The highest BCUT2D eigenvalue weighted by molar-refractivity contribution is 5.93. The molecule has 1 aliphatic carbocycles. The lowest BCUT2D eigenvalue weighted by Crippen LogP contribution is -2.37. The Labute approximate surface area is 143 Å². The van der Waals surface area contributed by atoms with Crippen LogP contribution < -0.4 is 16.2 Å². The van der Waals surface area contributed by atoms with Crippen LogP contribution in [-0.2, 0) is 0 Å². The maximum absolute atomic E-state index is 14.4. The standard InChI is InChI=1S/C18H20FN3O3/c19-14-8-22(7-13(14)16(20)9-1-2-9)11-4-3-10-5-12(18(24)25)17(23)21-15(10)6-11/h3-6,9,13-14,16H,1-2,7-8,20H2,(H,21,23)(H,24,25). The Morgan fingerprint density at radius 1 is 1.32 bits per heavy atom. The van der Waals surface area contributed by atoms with Crippen LogP contribution in [0.2, 0.25) is 0 Å². The molecule has 2 heterocycles. The number of aromatic carboxylic acids is 1. The summed E-state index contributed by atoms with van der Waals surface area (Å²) in [6, 6.07) is 6.59. The Bertz CT molecular complexity index is 893. The number of pyridine rings is 1. The van der Waals surface area contributed by atoms with Gasteiger partial charge in [-0.3, -0.25) is 4.79 Å². The predicted octanol–water partition coefficient (Wildman–Crippen LogP) is 1.74. The van der Waals surface area contributed by atoms with Crippen LogP contribution in [0.25, 0.3) is 10.9 Å². The Kier molecular flexibility index (Phi) is 3.76. The van der Waals surface area contributed by atoms with E-state index in [1.54, 1.807) is 12.1 Å². The molecule has 25 heavy (non-hydrogen) atoms. The number of carbonyl (C=O) groups is 1. The fourth-order valence-corrected chi connectivity index (χ4v) is 3.74. The van der Waals surface area contributed by atoms with Crippen molar-refractivity contribution in [3.05, 3.63) is 40.2 Å². The molecule has 0 bridgehead atoms. The third-order valence-electron chi connectivity index (χ3n) is 5.38. The first-order chi connectivity index (χ1) is 11.9. The van der Waals surface area contributed by atoms with Crippen LogP contribution in [0.3, 0.4) is 0 Å². The summed E-state index contributed by atoms with van der Waals surface area (Å²) in [5.74, 6) is -0.980. The number of aromatic amines is 1. The van der Waals surface area contributed by atoms with Crippen LogP contribution in [0.4, 0.5) is 10.1 Å². The first-order valence-electron chi connectivity index (χ1n) is 8.49. The molecule has 1 saturated heterocycles. The Hall–Kier alpha value is -2.41. The van der Waals surface area contributed by atoms with Crippen molar-refractivity contribution in [1.29, 1.82) is 0 Å². The molecule has 4 rings (SSSR count). The zero-order valence-electron chi connectivity index (χ0n) is 13.6. The lowest BCUT2D eigenvalue weighted by atomic mass is 9.94. The van der Waals surface area contributed by atoms with Gasteiger partial charge in [-0.05, 0) is 42.3 Å². The van der Waals surface area contributed by atoms with Gasteiger partial charge in [-0.1, -0.05) is 6.07 Å². The molecule has 1 saturated carbocycles. The van der Waals surface area contributed by atoms with E-state index in [0.717, 1.165) is 18.5 Å². The van der Waals surface area contributed by atoms with Gasteiger partial charge >= 0.3 is 5.97 Å². The Balaban J connectivity index is 1.62. The monoisotopic (exact) mass is 345 g/mol. The maximum Gasteiger partial charge on any atom is 0.341 e. The molecule has 6 nitrogen and oxygen atoms in total. The molecule has 0 radical (unpaired) electrons. The molecule has 132 valence electrons. The van der Waals surface area contributed by atoms with Crippen molar-refractivity contribution in [3.63, 3.8) is 0 Å². The van der Waals surface area contributed by atoms with E-state index >= 15 is 0 Å². The molecule has 1 aliphatic heterocycles. The van der Waals surface area contributed by atoms with Crippen LogP contribution in [0.5, 0.6) is 0 Å². The first kappa shape index (κ1) is 16.1. The van der Waals surface area contributed by atoms with Gasteiger partial charge in [0, 0.05) is 30.7 Å². The summed E-state index contributed by atoms with van der Waals surface area (Å²) in [5, 5.41) is 9.66. The van der Waals surface area contributed by atoms with Gasteiger partial charge in [0.2, 0.25) is 0 Å². The van der Waals surface area contributed by atoms with Crippen LogP contribution in [0.15, 0.2) is 29.1 Å². The number of aromatic nitrogens is 1. The number of halogens is 1. The van der Waals surface area contributed by atoms with Crippen LogP contribution in [0, 0.1) is 11.8 Å². The average molecular weight is 345 g/mol. The van der Waals surface area contributed by atoms with Gasteiger partial charge in [0.1, 0.15) is 11.7 Å². The molecule has 0 amide bonds. The van der Waals surface area contributed by atoms with Crippen molar-refractivity contribution in [2.45, 2.75) is 25.1 Å². The SMILES string of the molecule is NC(C1CC1)C1CN(c2ccc3cc(C(=O)O)c(=O)[nH]c3c2)CC1F. The Morgan fingerprint density at radius 3 is 2.76 bits per heavy atom. The fourth-order valence-electron chi connectivity index (χ4n) is 3.74. The second kappa shape index (κ2) is 5.84. The van der Waals surface area contributed by atoms with Crippen molar-refractivity contribution < 1.29 is 14.3 Å². The number of carboxylic acid groups (broad SMARTS) is 1. The molecule has 3 atom stereocenters. The van der Waals surface area contributed by atoms with Gasteiger partial charge in [0.15, 0.2) is 0 Å². The van der Waals surface area contributed by atoms with E-state index in [9.17, 15) is 14.0 Å². The summed E-state index contributed by atoms with van der Waals surface area (Å²) in [4.78, 5) is 27.5. The van der Waals surface area contributed by atoms with E-state index in [1.165, 1.54) is 6.07 Å². The van der Waals surface area contributed by atoms with Crippen molar-refractivity contribution in [1.82, 2.24) is 4.98 Å². The van der Waals surface area contributed by atoms with Gasteiger partial charge in [-0.25, -0.2) is 9.18 Å². The number of anilines is 1. The second-order valence-electron chi connectivity index (χ2n) is 7.09. The van der Waals surface area contributed by atoms with Crippen LogP contribution in [-0.4, -0.2) is 41.4 Å². The lowest BCUT2D eigenvalue weighted by molar-refractivity contribution is 0.0695. The molecule has 2 aliphatic rings. The van der Waals surface area contributed by atoms with E-state index in [4.69, 9.17) is 10.8 Å². The molecule has 3 unspecified atom stereocenters. The zero-order valence-corrected chi connectivity index (χ0v) is 13.6. The number of nitrogens with two attached hydrogens (primary N) is 1. The number of carboxylic acids is 1. The number of nitrogens with one attached hydrogen (secondary N) is 1. The van der Waals surface area contributed by atoms with Gasteiger partial charge < -0.3 is 20.7 Å². The normalized spacial score (nSPS) is 24.6. The minimum atomic E-state index is -1.26.